The number of benzene rings is 1. The van der Waals surface area contributed by atoms with Gasteiger partial charge in [0.15, 0.2) is 17.4 Å². The summed E-state index contributed by atoms with van der Waals surface area (Å²) in [5.74, 6) is -0.674. The molecule has 8 nitrogen and oxygen atoms in total. The van der Waals surface area contributed by atoms with E-state index in [1.165, 1.54) is 29.9 Å². The molecule has 0 spiro atoms. The van der Waals surface area contributed by atoms with Crippen LogP contribution in [0.4, 0.5) is 30.6 Å². The third-order valence-electron chi connectivity index (χ3n) is 3.60. The molecule has 2 heterocycles. The molecule has 0 radical (unpaired) electrons. The molecule has 0 atom stereocenters. The maximum absolute atomic E-state index is 14.0. The summed E-state index contributed by atoms with van der Waals surface area (Å²) in [4.78, 5) is 19.0. The first-order valence-corrected chi connectivity index (χ1v) is 8.48. The molecule has 2 N–H and O–H groups in total. The topological polar surface area (TPSA) is 94.0 Å². The van der Waals surface area contributed by atoms with Crippen LogP contribution in [0, 0.1) is 5.82 Å². The van der Waals surface area contributed by atoms with Crippen molar-refractivity contribution in [3.63, 3.8) is 0 Å². The average Bonchev–Trinajstić information content (AvgIpc) is 3.08. The minimum atomic E-state index is -2.93. The third-order valence-corrected chi connectivity index (χ3v) is 3.60. The van der Waals surface area contributed by atoms with Gasteiger partial charge < -0.3 is 15.4 Å². The average molecular weight is 406 g/mol. The van der Waals surface area contributed by atoms with E-state index >= 15 is 0 Å². The van der Waals surface area contributed by atoms with Crippen molar-refractivity contribution in [3.8, 4) is 5.75 Å². The van der Waals surface area contributed by atoms with Gasteiger partial charge in [-0.1, -0.05) is 12.1 Å². The number of hydrogen-bond acceptors (Lipinski definition) is 7. The van der Waals surface area contributed by atoms with Gasteiger partial charge in [-0.2, -0.15) is 18.9 Å². The molecule has 3 rings (SSSR count). The minimum Gasteiger partial charge on any atom is -0.435 e. The van der Waals surface area contributed by atoms with E-state index in [-0.39, 0.29) is 36.4 Å². The van der Waals surface area contributed by atoms with Gasteiger partial charge in [-0.05, 0) is 24.6 Å². The highest BCUT2D eigenvalue weighted by Crippen LogP contribution is 2.19. The number of alkyl halides is 2. The van der Waals surface area contributed by atoms with Crippen LogP contribution < -0.4 is 15.4 Å². The molecule has 0 fully saturated rings. The van der Waals surface area contributed by atoms with Crippen molar-refractivity contribution in [3.05, 3.63) is 54.2 Å². The van der Waals surface area contributed by atoms with E-state index in [9.17, 15) is 18.0 Å². The summed E-state index contributed by atoms with van der Waals surface area (Å²) in [6.07, 6.45) is 4.07. The molecule has 0 aliphatic heterocycles. The number of ketones is 1. The summed E-state index contributed by atoms with van der Waals surface area (Å²) in [6.45, 7) is -1.21. The first kappa shape index (κ1) is 20.1. The number of anilines is 3. The van der Waals surface area contributed by atoms with Crippen LogP contribution in [0.25, 0.3) is 0 Å². The number of nitrogens with zero attached hydrogens (tertiary/aromatic N) is 4. The fourth-order valence-corrected chi connectivity index (χ4v) is 2.44. The SMILES string of the molecule is CC(=O)Cn1cc(Nc2ncc(F)c(NCc3cccc(OC(F)F)c3)n2)cn1. The lowest BCUT2D eigenvalue weighted by atomic mass is 10.2. The van der Waals surface area contributed by atoms with Crippen LogP contribution in [0.1, 0.15) is 12.5 Å². The largest absolute Gasteiger partial charge is 0.435 e. The van der Waals surface area contributed by atoms with Gasteiger partial charge in [0, 0.05) is 12.7 Å². The molecule has 0 bridgehead atoms. The van der Waals surface area contributed by atoms with Crippen molar-refractivity contribution in [1.29, 1.82) is 0 Å². The Kier molecular flexibility index (Phi) is 6.27. The summed E-state index contributed by atoms with van der Waals surface area (Å²) in [5.41, 5.74) is 1.13. The second-order valence-corrected chi connectivity index (χ2v) is 6.02. The molecule has 0 saturated heterocycles. The van der Waals surface area contributed by atoms with Gasteiger partial charge in [-0.25, -0.2) is 9.37 Å². The Hall–Kier alpha value is -3.63. The second-order valence-electron chi connectivity index (χ2n) is 6.02. The fourth-order valence-electron chi connectivity index (χ4n) is 2.44. The molecule has 0 saturated carbocycles. The Morgan fingerprint density at radius 3 is 2.90 bits per heavy atom. The normalized spacial score (nSPS) is 10.8. The molecule has 11 heteroatoms. The monoisotopic (exact) mass is 406 g/mol. The van der Waals surface area contributed by atoms with Crippen molar-refractivity contribution in [2.45, 2.75) is 26.6 Å². The molecule has 1 aromatic carbocycles. The number of rotatable bonds is 9. The van der Waals surface area contributed by atoms with Gasteiger partial charge in [0.2, 0.25) is 5.95 Å². The molecule has 0 unspecified atom stereocenters. The summed E-state index contributed by atoms with van der Waals surface area (Å²) in [6, 6.07) is 6.04. The Balaban J connectivity index is 1.66. The Labute approximate surface area is 163 Å². The number of carbonyl (C=O) groups is 1. The molecule has 2 aromatic heterocycles. The standard InChI is InChI=1S/C18H17F3N6O2/c1-11(28)9-27-10-13(7-24-27)25-18-23-8-15(19)16(26-18)22-6-12-3-2-4-14(5-12)29-17(20)21/h2-5,7-8,10,17H,6,9H2,1H3,(H2,22,23,25,26). The van der Waals surface area contributed by atoms with E-state index in [0.717, 1.165) is 6.20 Å². The van der Waals surface area contributed by atoms with Gasteiger partial charge in [-0.15, -0.1) is 0 Å². The van der Waals surface area contributed by atoms with Gasteiger partial charge >= 0.3 is 6.61 Å². The summed E-state index contributed by atoms with van der Waals surface area (Å²) < 4.78 is 44.4. The second kappa shape index (κ2) is 9.04. The third kappa shape index (κ3) is 5.92. The molecular weight excluding hydrogens is 389 g/mol. The molecule has 0 aliphatic carbocycles. The van der Waals surface area contributed by atoms with Gasteiger partial charge in [-0.3, -0.25) is 9.48 Å². The lowest BCUT2D eigenvalue weighted by Gasteiger charge is -2.10. The molecule has 0 amide bonds. The predicted molar refractivity (Wildman–Crippen MR) is 98.6 cm³/mol. The number of Topliss-reactive ketones (excluding diaryl/α,β-unsaturated/α-hetero) is 1. The number of halogens is 3. The maximum Gasteiger partial charge on any atom is 0.387 e. The molecular formula is C18H17F3N6O2. The minimum absolute atomic E-state index is 0.00684. The van der Waals surface area contributed by atoms with Crippen LogP contribution in [0.3, 0.4) is 0 Å². The van der Waals surface area contributed by atoms with Crippen molar-refractivity contribution in [1.82, 2.24) is 19.7 Å². The predicted octanol–water partition coefficient (Wildman–Crippen LogP) is 3.36. The highest BCUT2D eigenvalue weighted by atomic mass is 19.3. The lowest BCUT2D eigenvalue weighted by Crippen LogP contribution is -2.07. The Morgan fingerprint density at radius 2 is 2.14 bits per heavy atom. The number of aromatic nitrogens is 4. The number of nitrogens with one attached hydrogen (secondary N) is 2. The Bertz CT molecular complexity index is 995. The number of ether oxygens (including phenoxy) is 1. The highest BCUT2D eigenvalue weighted by Gasteiger charge is 2.10. The first-order chi connectivity index (χ1) is 13.9. The zero-order chi connectivity index (χ0) is 20.8. The van der Waals surface area contributed by atoms with Crippen molar-refractivity contribution in [2.24, 2.45) is 0 Å². The van der Waals surface area contributed by atoms with E-state index < -0.39 is 12.4 Å². The molecule has 29 heavy (non-hydrogen) atoms. The van der Waals surface area contributed by atoms with Gasteiger partial charge in [0.25, 0.3) is 0 Å². The van der Waals surface area contributed by atoms with Crippen LogP contribution in [-0.2, 0) is 17.9 Å². The van der Waals surface area contributed by atoms with E-state index in [1.807, 2.05) is 0 Å². The van der Waals surface area contributed by atoms with E-state index in [4.69, 9.17) is 0 Å². The quantitative estimate of drug-likeness (QED) is 0.563. The van der Waals surface area contributed by atoms with Crippen LogP contribution in [0.15, 0.2) is 42.9 Å². The zero-order valence-corrected chi connectivity index (χ0v) is 15.3. The van der Waals surface area contributed by atoms with Crippen LogP contribution in [-0.4, -0.2) is 32.1 Å². The van der Waals surface area contributed by atoms with Crippen LogP contribution >= 0.6 is 0 Å². The van der Waals surface area contributed by atoms with E-state index in [0.29, 0.717) is 11.3 Å². The van der Waals surface area contributed by atoms with Crippen LogP contribution in [0.2, 0.25) is 0 Å². The fraction of sp³-hybridized carbons (Fsp3) is 0.222. The lowest BCUT2D eigenvalue weighted by molar-refractivity contribution is -0.117. The van der Waals surface area contributed by atoms with Crippen molar-refractivity contribution < 1.29 is 22.7 Å². The van der Waals surface area contributed by atoms with Crippen LogP contribution in [0.5, 0.6) is 5.75 Å². The van der Waals surface area contributed by atoms with Crippen molar-refractivity contribution in [2.75, 3.05) is 10.6 Å². The Morgan fingerprint density at radius 1 is 1.31 bits per heavy atom. The van der Waals surface area contributed by atoms with Crippen molar-refractivity contribution >= 4 is 23.2 Å². The molecule has 3 aromatic rings. The van der Waals surface area contributed by atoms with Gasteiger partial charge in [0.05, 0.1) is 24.6 Å². The summed E-state index contributed by atoms with van der Waals surface area (Å²) in [7, 11) is 0. The zero-order valence-electron chi connectivity index (χ0n) is 15.3. The maximum atomic E-state index is 14.0. The smallest absolute Gasteiger partial charge is 0.387 e. The molecule has 152 valence electrons. The number of hydrogen-bond donors (Lipinski definition) is 2. The van der Waals surface area contributed by atoms with Gasteiger partial charge in [0.1, 0.15) is 5.75 Å². The number of carbonyl (C=O) groups excluding carboxylic acids is 1. The first-order valence-electron chi connectivity index (χ1n) is 8.48. The van der Waals surface area contributed by atoms with E-state index in [1.54, 1.807) is 18.3 Å². The molecule has 0 aliphatic rings. The van der Waals surface area contributed by atoms with E-state index in [2.05, 4.69) is 30.4 Å². The summed E-state index contributed by atoms with van der Waals surface area (Å²) in [5, 5.41) is 9.68. The highest BCUT2D eigenvalue weighted by molar-refractivity contribution is 5.75. The summed E-state index contributed by atoms with van der Waals surface area (Å²) >= 11 is 0.